The molecule has 4 aliphatic rings. The van der Waals surface area contributed by atoms with Gasteiger partial charge in [0.15, 0.2) is 0 Å². The summed E-state index contributed by atoms with van der Waals surface area (Å²) in [5, 5.41) is 12.7. The Hall–Kier alpha value is -0.810. The first-order chi connectivity index (χ1) is 11.2. The van der Waals surface area contributed by atoms with E-state index < -0.39 is 0 Å². The van der Waals surface area contributed by atoms with E-state index in [9.17, 15) is 9.90 Å². The van der Waals surface area contributed by atoms with Gasteiger partial charge in [-0.05, 0) is 56.8 Å². The number of rotatable bonds is 2. The summed E-state index contributed by atoms with van der Waals surface area (Å²) in [4.78, 5) is 17.1. The van der Waals surface area contributed by atoms with Crippen molar-refractivity contribution >= 4 is 6.03 Å². The number of fused-ring (bicyclic) bond motifs is 2. The SMILES string of the molecule is O=C(NC1CCC(O)CC1)N1CCN(C2CC3CCC2C3)CC1. The third kappa shape index (κ3) is 3.36. The van der Waals surface area contributed by atoms with Crippen molar-refractivity contribution in [2.45, 2.75) is 69.6 Å². The van der Waals surface area contributed by atoms with E-state index in [-0.39, 0.29) is 18.2 Å². The molecule has 3 aliphatic carbocycles. The highest BCUT2D eigenvalue weighted by Gasteiger charge is 2.43. The molecule has 2 bridgehead atoms. The molecule has 3 atom stereocenters. The van der Waals surface area contributed by atoms with E-state index in [0.717, 1.165) is 69.7 Å². The Morgan fingerprint density at radius 2 is 1.65 bits per heavy atom. The maximum atomic E-state index is 12.4. The fourth-order valence-electron chi connectivity index (χ4n) is 5.40. The van der Waals surface area contributed by atoms with Gasteiger partial charge in [0.05, 0.1) is 6.10 Å². The highest BCUT2D eigenvalue weighted by molar-refractivity contribution is 5.74. The van der Waals surface area contributed by atoms with Gasteiger partial charge in [0, 0.05) is 38.3 Å². The van der Waals surface area contributed by atoms with Crippen molar-refractivity contribution in [2.24, 2.45) is 11.8 Å². The van der Waals surface area contributed by atoms with Crippen LogP contribution in [0.1, 0.15) is 51.4 Å². The monoisotopic (exact) mass is 321 g/mol. The zero-order chi connectivity index (χ0) is 15.8. The second-order valence-electron chi connectivity index (χ2n) is 8.22. The molecule has 0 spiro atoms. The molecule has 0 radical (unpaired) electrons. The Balaban J connectivity index is 1.22. The number of carbonyl (C=O) groups excluding carboxylic acids is 1. The second-order valence-corrected chi connectivity index (χ2v) is 8.22. The molecule has 5 heteroatoms. The summed E-state index contributed by atoms with van der Waals surface area (Å²) in [5.41, 5.74) is 0. The lowest BCUT2D eigenvalue weighted by Gasteiger charge is -2.41. The van der Waals surface area contributed by atoms with Crippen LogP contribution in [0.15, 0.2) is 0 Å². The lowest BCUT2D eigenvalue weighted by atomic mass is 9.93. The second kappa shape index (κ2) is 6.60. The van der Waals surface area contributed by atoms with Crippen LogP contribution in [-0.4, -0.2) is 65.3 Å². The topological polar surface area (TPSA) is 55.8 Å². The highest BCUT2D eigenvalue weighted by atomic mass is 16.3. The lowest BCUT2D eigenvalue weighted by Crippen LogP contribution is -2.56. The molecule has 4 rings (SSSR count). The average Bonchev–Trinajstić information content (AvgIpc) is 3.20. The van der Waals surface area contributed by atoms with Crippen LogP contribution >= 0.6 is 0 Å². The first kappa shape index (κ1) is 15.7. The molecule has 4 fully saturated rings. The summed E-state index contributed by atoms with van der Waals surface area (Å²) in [6.07, 6.45) is 9.07. The number of hydrogen-bond acceptors (Lipinski definition) is 3. The number of aliphatic hydroxyl groups excluding tert-OH is 1. The summed E-state index contributed by atoms with van der Waals surface area (Å²) >= 11 is 0. The van der Waals surface area contributed by atoms with Crippen LogP contribution in [0, 0.1) is 11.8 Å². The normalized spacial score (nSPS) is 41.3. The predicted molar refractivity (Wildman–Crippen MR) is 89.2 cm³/mol. The molecule has 1 heterocycles. The van der Waals surface area contributed by atoms with Crippen molar-refractivity contribution in [3.8, 4) is 0 Å². The van der Waals surface area contributed by atoms with E-state index in [1.54, 1.807) is 0 Å². The van der Waals surface area contributed by atoms with Crippen LogP contribution in [0.2, 0.25) is 0 Å². The number of nitrogens with one attached hydrogen (secondary N) is 1. The Bertz CT molecular complexity index is 428. The van der Waals surface area contributed by atoms with Crippen LogP contribution in [0.3, 0.4) is 0 Å². The molecule has 1 aliphatic heterocycles. The summed E-state index contributed by atoms with van der Waals surface area (Å²) in [6, 6.07) is 1.17. The van der Waals surface area contributed by atoms with E-state index in [0.29, 0.717) is 0 Å². The van der Waals surface area contributed by atoms with Crippen molar-refractivity contribution in [2.75, 3.05) is 26.2 Å². The maximum absolute atomic E-state index is 12.4. The van der Waals surface area contributed by atoms with Crippen LogP contribution in [-0.2, 0) is 0 Å². The van der Waals surface area contributed by atoms with E-state index >= 15 is 0 Å². The molecule has 3 unspecified atom stereocenters. The largest absolute Gasteiger partial charge is 0.393 e. The predicted octanol–water partition coefficient (Wildman–Crippen LogP) is 1.81. The minimum atomic E-state index is -0.159. The van der Waals surface area contributed by atoms with Gasteiger partial charge in [0.1, 0.15) is 0 Å². The van der Waals surface area contributed by atoms with Crippen LogP contribution in [0.5, 0.6) is 0 Å². The zero-order valence-electron chi connectivity index (χ0n) is 14.1. The van der Waals surface area contributed by atoms with Gasteiger partial charge < -0.3 is 15.3 Å². The Kier molecular flexibility index (Phi) is 4.50. The van der Waals surface area contributed by atoms with E-state index in [1.807, 2.05) is 4.90 Å². The number of amides is 2. The first-order valence-electron chi connectivity index (χ1n) is 9.66. The summed E-state index contributed by atoms with van der Waals surface area (Å²) in [7, 11) is 0. The standard InChI is InChI=1S/C18H31N3O2/c22-16-5-3-15(4-6-16)19-18(23)21-9-7-20(8-10-21)17-12-13-1-2-14(17)11-13/h13-17,22H,1-12H2,(H,19,23). The third-order valence-corrected chi connectivity index (χ3v) is 6.80. The molecular weight excluding hydrogens is 290 g/mol. The summed E-state index contributed by atoms with van der Waals surface area (Å²) in [6.45, 7) is 3.83. The average molecular weight is 321 g/mol. The molecule has 2 amide bonds. The van der Waals surface area contributed by atoms with Crippen LogP contribution in [0.4, 0.5) is 4.79 Å². The van der Waals surface area contributed by atoms with Crippen LogP contribution < -0.4 is 5.32 Å². The van der Waals surface area contributed by atoms with Gasteiger partial charge in [0.25, 0.3) is 0 Å². The molecule has 0 aromatic carbocycles. The van der Waals surface area contributed by atoms with Gasteiger partial charge in [-0.25, -0.2) is 4.79 Å². The highest BCUT2D eigenvalue weighted by Crippen LogP contribution is 2.46. The molecule has 0 aromatic rings. The molecule has 23 heavy (non-hydrogen) atoms. The molecule has 5 nitrogen and oxygen atoms in total. The van der Waals surface area contributed by atoms with Crippen molar-refractivity contribution in [3.63, 3.8) is 0 Å². The molecule has 0 aromatic heterocycles. The van der Waals surface area contributed by atoms with E-state index in [1.165, 1.54) is 25.7 Å². The van der Waals surface area contributed by atoms with Gasteiger partial charge >= 0.3 is 6.03 Å². The maximum Gasteiger partial charge on any atom is 0.317 e. The van der Waals surface area contributed by atoms with Crippen molar-refractivity contribution < 1.29 is 9.90 Å². The molecule has 1 saturated heterocycles. The van der Waals surface area contributed by atoms with E-state index in [4.69, 9.17) is 0 Å². The van der Waals surface area contributed by atoms with Crippen molar-refractivity contribution in [3.05, 3.63) is 0 Å². The number of hydrogen-bond donors (Lipinski definition) is 2. The number of urea groups is 1. The quantitative estimate of drug-likeness (QED) is 0.815. The van der Waals surface area contributed by atoms with E-state index in [2.05, 4.69) is 10.2 Å². The third-order valence-electron chi connectivity index (χ3n) is 6.80. The molecule has 130 valence electrons. The van der Waals surface area contributed by atoms with Gasteiger partial charge in [-0.1, -0.05) is 6.42 Å². The summed E-state index contributed by atoms with van der Waals surface area (Å²) < 4.78 is 0. The van der Waals surface area contributed by atoms with Gasteiger partial charge in [0.2, 0.25) is 0 Å². The molecule has 2 N–H and O–H groups in total. The zero-order valence-corrected chi connectivity index (χ0v) is 14.1. The molecule has 3 saturated carbocycles. The fraction of sp³-hybridized carbons (Fsp3) is 0.944. The van der Waals surface area contributed by atoms with Crippen LogP contribution in [0.25, 0.3) is 0 Å². The van der Waals surface area contributed by atoms with Gasteiger partial charge in [-0.15, -0.1) is 0 Å². The minimum absolute atomic E-state index is 0.110. The van der Waals surface area contributed by atoms with Gasteiger partial charge in [-0.3, -0.25) is 4.90 Å². The fourth-order valence-corrected chi connectivity index (χ4v) is 5.40. The smallest absolute Gasteiger partial charge is 0.317 e. The van der Waals surface area contributed by atoms with Crippen molar-refractivity contribution in [1.82, 2.24) is 15.1 Å². The number of piperazine rings is 1. The van der Waals surface area contributed by atoms with Gasteiger partial charge in [-0.2, -0.15) is 0 Å². The lowest BCUT2D eigenvalue weighted by molar-refractivity contribution is 0.0791. The minimum Gasteiger partial charge on any atom is -0.393 e. The first-order valence-corrected chi connectivity index (χ1v) is 9.66. The Morgan fingerprint density at radius 1 is 0.913 bits per heavy atom. The Labute approximate surface area is 139 Å². The number of nitrogens with zero attached hydrogens (tertiary/aromatic N) is 2. The van der Waals surface area contributed by atoms with Crippen molar-refractivity contribution in [1.29, 1.82) is 0 Å². The number of carbonyl (C=O) groups is 1. The number of aliphatic hydroxyl groups is 1. The molecular formula is C18H31N3O2. The summed E-state index contributed by atoms with van der Waals surface area (Å²) in [5.74, 6) is 1.93. The Morgan fingerprint density at radius 3 is 2.26 bits per heavy atom.